The summed E-state index contributed by atoms with van der Waals surface area (Å²) >= 11 is 0. The van der Waals surface area contributed by atoms with Crippen LogP contribution in [0.2, 0.25) is 0 Å². The van der Waals surface area contributed by atoms with E-state index in [-0.39, 0.29) is 12.0 Å². The fraction of sp³-hybridized carbons (Fsp3) is 0.929. The van der Waals surface area contributed by atoms with Crippen molar-refractivity contribution in [1.29, 1.82) is 0 Å². The first kappa shape index (κ1) is 15.4. The first-order chi connectivity index (χ1) is 8.60. The van der Waals surface area contributed by atoms with E-state index in [0.717, 1.165) is 31.8 Å². The van der Waals surface area contributed by atoms with Crippen molar-refractivity contribution in [2.24, 2.45) is 5.92 Å². The molecule has 0 aromatic heterocycles. The summed E-state index contributed by atoms with van der Waals surface area (Å²) < 4.78 is 4.84. The molecule has 0 radical (unpaired) electrons. The lowest BCUT2D eigenvalue weighted by molar-refractivity contribution is -0.143. The molecule has 0 saturated heterocycles. The topological polar surface area (TPSA) is 41.6 Å². The van der Waals surface area contributed by atoms with Crippen LogP contribution < -0.4 is 5.32 Å². The highest BCUT2D eigenvalue weighted by molar-refractivity contribution is 5.75. The average molecular weight is 256 g/mol. The van der Waals surface area contributed by atoms with Crippen LogP contribution in [0.25, 0.3) is 0 Å². The van der Waals surface area contributed by atoms with E-state index < -0.39 is 0 Å². The van der Waals surface area contributed by atoms with E-state index in [2.05, 4.69) is 31.1 Å². The number of carbonyl (C=O) groups is 1. The Morgan fingerprint density at radius 1 is 1.50 bits per heavy atom. The van der Waals surface area contributed by atoms with E-state index in [1.807, 2.05) is 0 Å². The van der Waals surface area contributed by atoms with E-state index in [4.69, 9.17) is 4.74 Å². The van der Waals surface area contributed by atoms with Crippen LogP contribution in [0, 0.1) is 5.92 Å². The number of ether oxygens (including phenoxy) is 1. The number of carbonyl (C=O) groups excluding carboxylic acids is 1. The van der Waals surface area contributed by atoms with Gasteiger partial charge in [-0.05, 0) is 52.1 Å². The van der Waals surface area contributed by atoms with Crippen LogP contribution >= 0.6 is 0 Å². The van der Waals surface area contributed by atoms with Crippen molar-refractivity contribution in [3.63, 3.8) is 0 Å². The fourth-order valence-corrected chi connectivity index (χ4v) is 2.24. The molecule has 1 aliphatic rings. The SMILES string of the molecule is CCCNC(CCN(C)C(C)C1CC1)C(=O)OC. The summed E-state index contributed by atoms with van der Waals surface area (Å²) in [7, 11) is 3.61. The molecule has 0 spiro atoms. The molecule has 2 atom stereocenters. The second-order valence-corrected chi connectivity index (χ2v) is 5.38. The standard InChI is InChI=1S/C14H28N2O2/c1-5-9-15-13(14(17)18-4)8-10-16(3)11(2)12-6-7-12/h11-13,15H,5-10H2,1-4H3. The highest BCUT2D eigenvalue weighted by Crippen LogP contribution is 2.34. The van der Waals surface area contributed by atoms with E-state index in [1.54, 1.807) is 0 Å². The Bertz CT molecular complexity index is 254. The predicted octanol–water partition coefficient (Wildman–Crippen LogP) is 1.65. The van der Waals surface area contributed by atoms with Crippen molar-refractivity contribution in [1.82, 2.24) is 10.2 Å². The third kappa shape index (κ3) is 4.94. The molecule has 0 aromatic carbocycles. The van der Waals surface area contributed by atoms with E-state index in [9.17, 15) is 4.79 Å². The molecule has 1 aliphatic carbocycles. The summed E-state index contributed by atoms with van der Waals surface area (Å²) in [6.45, 7) is 6.18. The molecule has 4 nitrogen and oxygen atoms in total. The van der Waals surface area contributed by atoms with Gasteiger partial charge in [0.1, 0.15) is 6.04 Å². The van der Waals surface area contributed by atoms with Crippen molar-refractivity contribution in [3.05, 3.63) is 0 Å². The molecule has 0 amide bonds. The van der Waals surface area contributed by atoms with E-state index in [0.29, 0.717) is 6.04 Å². The highest BCUT2D eigenvalue weighted by Gasteiger charge is 2.30. The zero-order valence-corrected chi connectivity index (χ0v) is 12.2. The normalized spacial score (nSPS) is 18.7. The Hall–Kier alpha value is -0.610. The Morgan fingerprint density at radius 3 is 2.67 bits per heavy atom. The zero-order chi connectivity index (χ0) is 13.5. The third-order valence-electron chi connectivity index (χ3n) is 3.90. The molecule has 106 valence electrons. The number of hydrogen-bond donors (Lipinski definition) is 1. The van der Waals surface area contributed by atoms with Gasteiger partial charge in [-0.25, -0.2) is 0 Å². The number of nitrogens with one attached hydrogen (secondary N) is 1. The van der Waals surface area contributed by atoms with Crippen molar-refractivity contribution in [2.75, 3.05) is 27.2 Å². The first-order valence-electron chi connectivity index (χ1n) is 7.11. The molecule has 0 aromatic rings. The van der Waals surface area contributed by atoms with Crippen LogP contribution in [-0.4, -0.2) is 50.2 Å². The number of hydrogen-bond acceptors (Lipinski definition) is 4. The van der Waals surface area contributed by atoms with Crippen LogP contribution in [0.3, 0.4) is 0 Å². The molecule has 1 fully saturated rings. The molecular formula is C14H28N2O2. The maximum Gasteiger partial charge on any atom is 0.322 e. The molecule has 0 bridgehead atoms. The lowest BCUT2D eigenvalue weighted by Gasteiger charge is -2.26. The van der Waals surface area contributed by atoms with Gasteiger partial charge in [0.15, 0.2) is 0 Å². The van der Waals surface area contributed by atoms with Gasteiger partial charge in [0.2, 0.25) is 0 Å². The largest absolute Gasteiger partial charge is 0.468 e. The Kier molecular flexibility index (Phi) is 6.65. The Balaban J connectivity index is 2.32. The molecule has 1 saturated carbocycles. The second-order valence-electron chi connectivity index (χ2n) is 5.38. The minimum atomic E-state index is -0.163. The van der Waals surface area contributed by atoms with Gasteiger partial charge in [-0.2, -0.15) is 0 Å². The van der Waals surface area contributed by atoms with Crippen LogP contribution in [0.5, 0.6) is 0 Å². The van der Waals surface area contributed by atoms with E-state index in [1.165, 1.54) is 20.0 Å². The Labute approximate surface area is 111 Å². The van der Waals surface area contributed by atoms with Crippen LogP contribution in [-0.2, 0) is 9.53 Å². The van der Waals surface area contributed by atoms with Crippen LogP contribution in [0.15, 0.2) is 0 Å². The van der Waals surface area contributed by atoms with Gasteiger partial charge in [0, 0.05) is 12.6 Å². The summed E-state index contributed by atoms with van der Waals surface area (Å²) in [6.07, 6.45) is 4.57. The van der Waals surface area contributed by atoms with Crippen molar-refractivity contribution >= 4 is 5.97 Å². The van der Waals surface area contributed by atoms with Crippen LogP contribution in [0.4, 0.5) is 0 Å². The predicted molar refractivity (Wildman–Crippen MR) is 73.5 cm³/mol. The fourth-order valence-electron chi connectivity index (χ4n) is 2.24. The summed E-state index contributed by atoms with van der Waals surface area (Å²) in [5, 5.41) is 3.26. The van der Waals surface area contributed by atoms with Crippen molar-refractivity contribution in [2.45, 2.75) is 51.6 Å². The maximum atomic E-state index is 11.6. The van der Waals surface area contributed by atoms with Gasteiger partial charge >= 0.3 is 5.97 Å². The number of methoxy groups -OCH3 is 1. The monoisotopic (exact) mass is 256 g/mol. The molecular weight excluding hydrogens is 228 g/mol. The van der Waals surface area contributed by atoms with Crippen LogP contribution in [0.1, 0.15) is 39.5 Å². The number of esters is 1. The molecule has 4 heteroatoms. The van der Waals surface area contributed by atoms with Gasteiger partial charge in [-0.3, -0.25) is 4.79 Å². The molecule has 2 unspecified atom stereocenters. The summed E-state index contributed by atoms with van der Waals surface area (Å²) in [4.78, 5) is 14.0. The van der Waals surface area contributed by atoms with E-state index >= 15 is 0 Å². The highest BCUT2D eigenvalue weighted by atomic mass is 16.5. The van der Waals surface area contributed by atoms with Gasteiger partial charge in [0.25, 0.3) is 0 Å². The lowest BCUT2D eigenvalue weighted by atomic mass is 10.1. The molecule has 0 aliphatic heterocycles. The smallest absolute Gasteiger partial charge is 0.322 e. The zero-order valence-electron chi connectivity index (χ0n) is 12.2. The number of nitrogens with zero attached hydrogens (tertiary/aromatic N) is 1. The quantitative estimate of drug-likeness (QED) is 0.637. The van der Waals surface area contributed by atoms with Crippen molar-refractivity contribution in [3.8, 4) is 0 Å². The lowest BCUT2D eigenvalue weighted by Crippen LogP contribution is -2.42. The maximum absolute atomic E-state index is 11.6. The molecule has 18 heavy (non-hydrogen) atoms. The summed E-state index contributed by atoms with van der Waals surface area (Å²) in [6, 6.07) is 0.471. The number of rotatable bonds is 9. The molecule has 1 rings (SSSR count). The molecule has 1 N–H and O–H groups in total. The Morgan fingerprint density at radius 2 is 2.17 bits per heavy atom. The molecule has 0 heterocycles. The first-order valence-corrected chi connectivity index (χ1v) is 7.11. The van der Waals surface area contributed by atoms with Crippen molar-refractivity contribution < 1.29 is 9.53 Å². The third-order valence-corrected chi connectivity index (χ3v) is 3.90. The van der Waals surface area contributed by atoms with Gasteiger partial charge in [0.05, 0.1) is 7.11 Å². The summed E-state index contributed by atoms with van der Waals surface area (Å²) in [5.74, 6) is 0.728. The average Bonchev–Trinajstić information content (AvgIpc) is 3.21. The minimum absolute atomic E-state index is 0.143. The van der Waals surface area contributed by atoms with Gasteiger partial charge < -0.3 is 15.0 Å². The second kappa shape index (κ2) is 7.74. The van der Waals surface area contributed by atoms with Gasteiger partial charge in [-0.15, -0.1) is 0 Å². The minimum Gasteiger partial charge on any atom is -0.468 e. The summed E-state index contributed by atoms with van der Waals surface area (Å²) in [5.41, 5.74) is 0. The van der Waals surface area contributed by atoms with Gasteiger partial charge in [-0.1, -0.05) is 6.92 Å².